The predicted molar refractivity (Wildman–Crippen MR) is 120 cm³/mol. The highest BCUT2D eigenvalue weighted by molar-refractivity contribution is 9.10. The Hall–Kier alpha value is -2.69. The third-order valence-electron chi connectivity index (χ3n) is 4.67. The van der Waals surface area contributed by atoms with Gasteiger partial charge in [-0.25, -0.2) is 0 Å². The van der Waals surface area contributed by atoms with Gasteiger partial charge in [0.25, 0.3) is 0 Å². The van der Waals surface area contributed by atoms with E-state index < -0.39 is 12.0 Å². The summed E-state index contributed by atoms with van der Waals surface area (Å²) in [7, 11) is 0. The van der Waals surface area contributed by atoms with Crippen molar-refractivity contribution in [2.75, 3.05) is 0 Å². The number of carbonyl (C=O) groups excluding carboxylic acids is 1. The fourth-order valence-corrected chi connectivity index (χ4v) is 3.39. The van der Waals surface area contributed by atoms with Crippen LogP contribution in [-0.4, -0.2) is 12.0 Å². The lowest BCUT2D eigenvalue weighted by molar-refractivity contribution is -0.125. The van der Waals surface area contributed by atoms with Gasteiger partial charge in [-0.05, 0) is 28.8 Å². The highest BCUT2D eigenvalue weighted by Gasteiger charge is 2.29. The summed E-state index contributed by atoms with van der Waals surface area (Å²) in [5.74, 6) is -0.581. The largest absolute Gasteiger partial charge is 0.368 e. The molecule has 4 heteroatoms. The lowest BCUT2D eigenvalue weighted by Crippen LogP contribution is -2.36. The second kappa shape index (κ2) is 10.7. The van der Waals surface area contributed by atoms with Crippen molar-refractivity contribution in [2.24, 2.45) is 0 Å². The highest BCUT2D eigenvalue weighted by Crippen LogP contribution is 2.26. The van der Waals surface area contributed by atoms with Crippen LogP contribution in [0.5, 0.6) is 0 Å². The van der Waals surface area contributed by atoms with Gasteiger partial charge in [0.2, 0.25) is 5.91 Å². The fourth-order valence-electron chi connectivity index (χ4n) is 3.12. The SMILES string of the molecule is C=C[C@H](OCc1ccccc1)[C@H](C(=O)NCc1ccccc1)c1ccc(Br)cc1. The molecule has 148 valence electrons. The molecule has 0 unspecified atom stereocenters. The summed E-state index contributed by atoms with van der Waals surface area (Å²) in [6, 6.07) is 27.5. The summed E-state index contributed by atoms with van der Waals surface area (Å²) < 4.78 is 7.07. The minimum absolute atomic E-state index is 0.0888. The van der Waals surface area contributed by atoms with Gasteiger partial charge in [0, 0.05) is 11.0 Å². The molecule has 0 heterocycles. The van der Waals surface area contributed by atoms with Crippen LogP contribution in [0.15, 0.2) is 102 Å². The van der Waals surface area contributed by atoms with Crippen molar-refractivity contribution in [3.63, 3.8) is 0 Å². The number of hydrogen-bond acceptors (Lipinski definition) is 2. The van der Waals surface area contributed by atoms with Gasteiger partial charge >= 0.3 is 0 Å². The Morgan fingerprint density at radius 2 is 1.52 bits per heavy atom. The lowest BCUT2D eigenvalue weighted by Gasteiger charge is -2.25. The topological polar surface area (TPSA) is 38.3 Å². The molecule has 0 aliphatic heterocycles. The average molecular weight is 450 g/mol. The fraction of sp³-hybridized carbons (Fsp3) is 0.160. The van der Waals surface area contributed by atoms with Crippen molar-refractivity contribution in [3.8, 4) is 0 Å². The Morgan fingerprint density at radius 1 is 0.931 bits per heavy atom. The smallest absolute Gasteiger partial charge is 0.230 e. The minimum atomic E-state index is -0.493. The van der Waals surface area contributed by atoms with E-state index in [4.69, 9.17) is 4.74 Å². The summed E-state index contributed by atoms with van der Waals surface area (Å²) in [5.41, 5.74) is 2.99. The van der Waals surface area contributed by atoms with Crippen LogP contribution < -0.4 is 5.32 Å². The van der Waals surface area contributed by atoms with E-state index in [9.17, 15) is 4.79 Å². The first-order valence-corrected chi connectivity index (χ1v) is 10.3. The number of halogens is 1. The molecule has 1 N–H and O–H groups in total. The molecule has 0 radical (unpaired) electrons. The Balaban J connectivity index is 1.77. The lowest BCUT2D eigenvalue weighted by atomic mass is 9.92. The molecule has 0 saturated carbocycles. The molecule has 3 nitrogen and oxygen atoms in total. The molecular weight excluding hydrogens is 426 g/mol. The van der Waals surface area contributed by atoms with E-state index in [-0.39, 0.29) is 5.91 Å². The molecule has 0 fully saturated rings. The molecular formula is C25H24BrNO2. The standard InChI is InChI=1S/C25H24BrNO2/c1-2-23(29-18-20-11-7-4-8-12-20)24(21-13-15-22(26)16-14-21)25(28)27-17-19-9-5-3-6-10-19/h2-16,23-24H,1,17-18H2,(H,27,28)/t23-,24+/m0/s1. The molecule has 2 atom stereocenters. The van der Waals surface area contributed by atoms with Crippen molar-refractivity contribution >= 4 is 21.8 Å². The molecule has 0 spiro atoms. The van der Waals surface area contributed by atoms with Crippen molar-refractivity contribution in [1.82, 2.24) is 5.32 Å². The van der Waals surface area contributed by atoms with Crippen LogP contribution >= 0.6 is 15.9 Å². The second-order valence-corrected chi connectivity index (χ2v) is 7.65. The summed E-state index contributed by atoms with van der Waals surface area (Å²) in [6.45, 7) is 4.80. The van der Waals surface area contributed by atoms with Gasteiger partial charge in [0.05, 0.1) is 18.6 Å². The summed E-state index contributed by atoms with van der Waals surface area (Å²) in [5, 5.41) is 3.05. The number of ether oxygens (including phenoxy) is 1. The summed E-state index contributed by atoms with van der Waals surface area (Å²) in [6.07, 6.45) is 1.25. The van der Waals surface area contributed by atoms with Gasteiger partial charge in [-0.1, -0.05) is 94.8 Å². The zero-order valence-corrected chi connectivity index (χ0v) is 17.7. The van der Waals surface area contributed by atoms with Crippen molar-refractivity contribution in [2.45, 2.75) is 25.2 Å². The normalized spacial score (nSPS) is 12.7. The Morgan fingerprint density at radius 3 is 2.10 bits per heavy atom. The third kappa shape index (κ3) is 6.14. The average Bonchev–Trinajstić information content (AvgIpc) is 2.77. The third-order valence-corrected chi connectivity index (χ3v) is 5.20. The van der Waals surface area contributed by atoms with Crippen LogP contribution in [0.2, 0.25) is 0 Å². The minimum Gasteiger partial charge on any atom is -0.368 e. The molecule has 29 heavy (non-hydrogen) atoms. The van der Waals surface area contributed by atoms with E-state index in [1.54, 1.807) is 6.08 Å². The number of benzene rings is 3. The van der Waals surface area contributed by atoms with Crippen LogP contribution in [0.3, 0.4) is 0 Å². The summed E-state index contributed by atoms with van der Waals surface area (Å²) in [4.78, 5) is 13.2. The van der Waals surface area contributed by atoms with Crippen LogP contribution in [0, 0.1) is 0 Å². The van der Waals surface area contributed by atoms with Gasteiger partial charge < -0.3 is 10.1 Å². The zero-order chi connectivity index (χ0) is 20.5. The van der Waals surface area contributed by atoms with Crippen LogP contribution in [0.1, 0.15) is 22.6 Å². The van der Waals surface area contributed by atoms with E-state index in [1.165, 1.54) is 0 Å². The second-order valence-electron chi connectivity index (χ2n) is 6.73. The summed E-state index contributed by atoms with van der Waals surface area (Å²) >= 11 is 3.46. The van der Waals surface area contributed by atoms with Gasteiger partial charge in [-0.15, -0.1) is 6.58 Å². The maximum atomic E-state index is 13.2. The van der Waals surface area contributed by atoms with Gasteiger partial charge in [-0.3, -0.25) is 4.79 Å². The van der Waals surface area contributed by atoms with Gasteiger partial charge in [-0.2, -0.15) is 0 Å². The number of hydrogen-bond donors (Lipinski definition) is 1. The van der Waals surface area contributed by atoms with Crippen molar-refractivity contribution < 1.29 is 9.53 Å². The Bertz CT molecular complexity index is 911. The van der Waals surface area contributed by atoms with Crippen LogP contribution in [0.4, 0.5) is 0 Å². The number of carbonyl (C=O) groups is 1. The maximum absolute atomic E-state index is 13.2. The molecule has 1 amide bonds. The van der Waals surface area contributed by atoms with Crippen LogP contribution in [-0.2, 0) is 22.7 Å². The molecule has 0 saturated heterocycles. The van der Waals surface area contributed by atoms with Crippen molar-refractivity contribution in [1.29, 1.82) is 0 Å². The molecule has 3 rings (SSSR count). The van der Waals surface area contributed by atoms with Gasteiger partial charge in [0.1, 0.15) is 0 Å². The molecule has 0 aromatic heterocycles. The quantitative estimate of drug-likeness (QED) is 0.430. The maximum Gasteiger partial charge on any atom is 0.230 e. The number of nitrogens with one attached hydrogen (secondary N) is 1. The van der Waals surface area contributed by atoms with E-state index in [0.29, 0.717) is 13.2 Å². The molecule has 3 aromatic carbocycles. The zero-order valence-electron chi connectivity index (χ0n) is 16.1. The molecule has 0 bridgehead atoms. The number of amides is 1. The van der Waals surface area contributed by atoms with Crippen LogP contribution in [0.25, 0.3) is 0 Å². The first-order valence-electron chi connectivity index (χ1n) is 9.52. The Labute approximate surface area is 180 Å². The Kier molecular flexibility index (Phi) is 7.79. The first-order chi connectivity index (χ1) is 14.2. The predicted octanol–water partition coefficient (Wildman–Crippen LogP) is 5.62. The van der Waals surface area contributed by atoms with E-state index in [1.807, 2.05) is 84.9 Å². The highest BCUT2D eigenvalue weighted by atomic mass is 79.9. The molecule has 0 aliphatic rings. The first kappa shape index (κ1) is 21.0. The molecule has 0 aliphatic carbocycles. The monoisotopic (exact) mass is 449 g/mol. The van der Waals surface area contributed by atoms with Gasteiger partial charge in [0.15, 0.2) is 0 Å². The number of rotatable bonds is 9. The van der Waals surface area contributed by atoms with Crippen molar-refractivity contribution in [3.05, 3.63) is 119 Å². The van der Waals surface area contributed by atoms with E-state index in [0.717, 1.165) is 21.2 Å². The van der Waals surface area contributed by atoms with E-state index in [2.05, 4.69) is 27.8 Å². The molecule has 3 aromatic rings. The van der Waals surface area contributed by atoms with E-state index >= 15 is 0 Å².